The zero-order valence-electron chi connectivity index (χ0n) is 9.48. The van der Waals surface area contributed by atoms with Gasteiger partial charge in [0, 0.05) is 15.8 Å². The number of benzene rings is 1. The van der Waals surface area contributed by atoms with Gasteiger partial charge < -0.3 is 9.47 Å². The van der Waals surface area contributed by atoms with Crippen molar-refractivity contribution < 1.29 is 9.47 Å². The summed E-state index contributed by atoms with van der Waals surface area (Å²) in [4.78, 5) is 1.21. The summed E-state index contributed by atoms with van der Waals surface area (Å²) in [7, 11) is 1.66. The van der Waals surface area contributed by atoms with E-state index in [9.17, 15) is 0 Å². The Morgan fingerprint density at radius 3 is 2.76 bits per heavy atom. The van der Waals surface area contributed by atoms with E-state index >= 15 is 0 Å². The average Bonchev–Trinajstić information content (AvgIpc) is 2.88. The quantitative estimate of drug-likeness (QED) is 0.769. The van der Waals surface area contributed by atoms with Crippen LogP contribution in [0.4, 0.5) is 0 Å². The number of alkyl halides is 1. The summed E-state index contributed by atoms with van der Waals surface area (Å²) in [5.74, 6) is 1.60. The molecule has 0 amide bonds. The van der Waals surface area contributed by atoms with E-state index in [1.807, 2.05) is 29.6 Å². The average molecular weight is 313 g/mol. The molecule has 0 aliphatic carbocycles. The summed E-state index contributed by atoms with van der Waals surface area (Å²) >= 11 is 5.15. The summed E-state index contributed by atoms with van der Waals surface area (Å²) in [6.07, 6.45) is 0. The molecular formula is C13H13BrO2S. The van der Waals surface area contributed by atoms with Gasteiger partial charge in [-0.25, -0.2) is 0 Å². The highest BCUT2D eigenvalue weighted by molar-refractivity contribution is 9.08. The predicted molar refractivity (Wildman–Crippen MR) is 74.3 cm³/mol. The smallest absolute Gasteiger partial charge is 0.165 e. The van der Waals surface area contributed by atoms with E-state index in [4.69, 9.17) is 9.47 Å². The van der Waals surface area contributed by atoms with Crippen LogP contribution in [0.3, 0.4) is 0 Å². The van der Waals surface area contributed by atoms with Crippen LogP contribution in [0.25, 0.3) is 0 Å². The van der Waals surface area contributed by atoms with Gasteiger partial charge in [-0.2, -0.15) is 0 Å². The van der Waals surface area contributed by atoms with Crippen LogP contribution in [0.1, 0.15) is 10.4 Å². The Labute approximate surface area is 113 Å². The normalized spacial score (nSPS) is 10.2. The third kappa shape index (κ3) is 3.01. The zero-order valence-corrected chi connectivity index (χ0v) is 11.9. The lowest BCUT2D eigenvalue weighted by atomic mass is 10.2. The van der Waals surface area contributed by atoms with Gasteiger partial charge in [0.25, 0.3) is 0 Å². The molecule has 0 bridgehead atoms. The van der Waals surface area contributed by atoms with Crippen molar-refractivity contribution in [2.24, 2.45) is 0 Å². The minimum absolute atomic E-state index is 0.581. The maximum absolute atomic E-state index is 5.85. The fourth-order valence-electron chi connectivity index (χ4n) is 1.53. The number of hydrogen-bond acceptors (Lipinski definition) is 3. The van der Waals surface area contributed by atoms with Crippen LogP contribution >= 0.6 is 27.3 Å². The number of ether oxygens (including phenoxy) is 2. The highest BCUT2D eigenvalue weighted by atomic mass is 79.9. The third-order valence-electron chi connectivity index (χ3n) is 2.36. The molecule has 0 saturated heterocycles. The molecule has 0 spiro atoms. The Morgan fingerprint density at radius 1 is 1.24 bits per heavy atom. The number of hydrogen-bond donors (Lipinski definition) is 0. The van der Waals surface area contributed by atoms with Crippen LogP contribution in [0.15, 0.2) is 35.7 Å². The fourth-order valence-corrected chi connectivity index (χ4v) is 2.59. The van der Waals surface area contributed by atoms with E-state index < -0.39 is 0 Å². The Morgan fingerprint density at radius 2 is 2.12 bits per heavy atom. The first kappa shape index (κ1) is 12.5. The van der Waals surface area contributed by atoms with E-state index in [0.717, 1.165) is 22.4 Å². The lowest BCUT2D eigenvalue weighted by Crippen LogP contribution is -1.98. The lowest BCUT2D eigenvalue weighted by Gasteiger charge is -2.13. The highest BCUT2D eigenvalue weighted by Crippen LogP contribution is 2.33. The molecule has 1 aromatic carbocycles. The van der Waals surface area contributed by atoms with Crippen molar-refractivity contribution in [2.75, 3.05) is 7.11 Å². The molecule has 2 aromatic rings. The molecule has 2 nitrogen and oxygen atoms in total. The summed E-state index contributed by atoms with van der Waals surface area (Å²) < 4.78 is 11.2. The summed E-state index contributed by atoms with van der Waals surface area (Å²) in [6, 6.07) is 10.00. The van der Waals surface area contributed by atoms with Crippen LogP contribution in [-0.4, -0.2) is 7.11 Å². The second-order valence-corrected chi connectivity index (χ2v) is 5.04. The van der Waals surface area contributed by atoms with Crippen LogP contribution in [0.2, 0.25) is 0 Å². The Balaban J connectivity index is 2.18. The Hall–Kier alpha value is -1.00. The molecule has 0 atom stereocenters. The molecule has 0 fully saturated rings. The first-order valence-corrected chi connectivity index (χ1v) is 7.22. The molecule has 0 saturated carbocycles. The summed E-state index contributed by atoms with van der Waals surface area (Å²) in [5, 5.41) is 2.80. The van der Waals surface area contributed by atoms with E-state index in [-0.39, 0.29) is 0 Å². The van der Waals surface area contributed by atoms with Gasteiger partial charge in [0.15, 0.2) is 11.5 Å². The first-order chi connectivity index (χ1) is 8.35. The zero-order chi connectivity index (χ0) is 12.1. The van der Waals surface area contributed by atoms with Crippen LogP contribution in [0, 0.1) is 0 Å². The molecule has 0 N–H and O–H groups in total. The van der Waals surface area contributed by atoms with Gasteiger partial charge in [-0.05, 0) is 17.5 Å². The minimum atomic E-state index is 0.581. The molecule has 17 heavy (non-hydrogen) atoms. The van der Waals surface area contributed by atoms with Crippen molar-refractivity contribution in [1.82, 2.24) is 0 Å². The maximum Gasteiger partial charge on any atom is 0.165 e. The molecule has 1 aromatic heterocycles. The first-order valence-electron chi connectivity index (χ1n) is 5.22. The van der Waals surface area contributed by atoms with E-state index in [1.165, 1.54) is 4.88 Å². The highest BCUT2D eigenvalue weighted by Gasteiger charge is 2.09. The third-order valence-corrected chi connectivity index (χ3v) is 3.82. The predicted octanol–water partition coefficient (Wildman–Crippen LogP) is 4.23. The van der Waals surface area contributed by atoms with E-state index in [2.05, 4.69) is 22.0 Å². The van der Waals surface area contributed by atoms with Gasteiger partial charge in [0.05, 0.1) is 7.11 Å². The molecule has 90 valence electrons. The van der Waals surface area contributed by atoms with Crippen molar-refractivity contribution >= 4 is 27.3 Å². The van der Waals surface area contributed by atoms with E-state index in [0.29, 0.717) is 6.61 Å². The molecule has 0 aliphatic heterocycles. The van der Waals surface area contributed by atoms with Gasteiger partial charge in [-0.15, -0.1) is 11.3 Å². The van der Waals surface area contributed by atoms with Crippen molar-refractivity contribution in [3.63, 3.8) is 0 Å². The minimum Gasteiger partial charge on any atom is -0.493 e. The molecule has 0 unspecified atom stereocenters. The second kappa shape index (κ2) is 6.07. The fraction of sp³-hybridized carbons (Fsp3) is 0.231. The van der Waals surface area contributed by atoms with Crippen molar-refractivity contribution in [1.29, 1.82) is 0 Å². The van der Waals surface area contributed by atoms with Crippen molar-refractivity contribution in [2.45, 2.75) is 11.9 Å². The van der Waals surface area contributed by atoms with Crippen LogP contribution < -0.4 is 9.47 Å². The SMILES string of the molecule is COc1cccc(CBr)c1OCc1cccs1. The van der Waals surface area contributed by atoms with Crippen molar-refractivity contribution in [3.05, 3.63) is 46.2 Å². The van der Waals surface area contributed by atoms with Crippen LogP contribution in [0.5, 0.6) is 11.5 Å². The van der Waals surface area contributed by atoms with Gasteiger partial charge in [-0.3, -0.25) is 0 Å². The molecular weight excluding hydrogens is 300 g/mol. The molecule has 2 rings (SSSR count). The molecule has 4 heteroatoms. The number of rotatable bonds is 5. The molecule has 0 aliphatic rings. The van der Waals surface area contributed by atoms with Gasteiger partial charge >= 0.3 is 0 Å². The maximum atomic E-state index is 5.85. The largest absolute Gasteiger partial charge is 0.493 e. The standard InChI is InChI=1S/C13H13BrO2S/c1-15-12-6-2-4-10(8-14)13(12)16-9-11-5-3-7-17-11/h2-7H,8-9H2,1H3. The monoisotopic (exact) mass is 312 g/mol. The summed E-state index contributed by atoms with van der Waals surface area (Å²) in [6.45, 7) is 0.581. The van der Waals surface area contributed by atoms with E-state index in [1.54, 1.807) is 18.4 Å². The summed E-state index contributed by atoms with van der Waals surface area (Å²) in [5.41, 5.74) is 1.10. The Kier molecular flexibility index (Phi) is 4.45. The second-order valence-electron chi connectivity index (χ2n) is 3.45. The number of methoxy groups -OCH3 is 1. The molecule has 1 heterocycles. The number of para-hydroxylation sites is 1. The van der Waals surface area contributed by atoms with Gasteiger partial charge in [0.2, 0.25) is 0 Å². The lowest BCUT2D eigenvalue weighted by molar-refractivity contribution is 0.285. The van der Waals surface area contributed by atoms with Crippen LogP contribution in [-0.2, 0) is 11.9 Å². The van der Waals surface area contributed by atoms with Crippen molar-refractivity contribution in [3.8, 4) is 11.5 Å². The Bertz CT molecular complexity index is 446. The molecule has 0 radical (unpaired) electrons. The topological polar surface area (TPSA) is 18.5 Å². The number of thiophene rings is 1. The van der Waals surface area contributed by atoms with Gasteiger partial charge in [0.1, 0.15) is 6.61 Å². The number of halogens is 1. The van der Waals surface area contributed by atoms with Gasteiger partial charge in [-0.1, -0.05) is 34.1 Å².